The lowest BCUT2D eigenvalue weighted by molar-refractivity contribution is -0.161. The molecule has 14 heteroatoms. The second-order valence-corrected chi connectivity index (χ2v) is 17.0. The van der Waals surface area contributed by atoms with Crippen molar-refractivity contribution in [1.82, 2.24) is 0 Å². The molecule has 0 heterocycles. The quantitative estimate of drug-likeness (QED) is 0.0172. The Labute approximate surface area is 359 Å². The van der Waals surface area contributed by atoms with Crippen LogP contribution in [0.4, 0.5) is 0 Å². The molecule has 1 saturated carbocycles. The zero-order valence-corrected chi connectivity index (χ0v) is 37.3. The van der Waals surface area contributed by atoms with Crippen molar-refractivity contribution in [3.8, 4) is 0 Å². The Kier molecular flexibility index (Phi) is 33.0. The van der Waals surface area contributed by atoms with Crippen molar-refractivity contribution >= 4 is 25.5 Å². The molecule has 344 valence electrons. The van der Waals surface area contributed by atoms with E-state index in [2.05, 4.69) is 54.8 Å². The van der Waals surface area contributed by atoms with Crippen LogP contribution in [0.1, 0.15) is 149 Å². The fourth-order valence-electron chi connectivity index (χ4n) is 6.45. The average molecular weight is 869 g/mol. The number of carbonyl (C=O) groups excluding carboxylic acids is 3. The van der Waals surface area contributed by atoms with E-state index in [1.807, 2.05) is 12.2 Å². The molecule has 1 aliphatic carbocycles. The molecule has 1 rings (SSSR count). The van der Waals surface area contributed by atoms with E-state index in [9.17, 15) is 39.2 Å². The summed E-state index contributed by atoms with van der Waals surface area (Å²) in [5.41, 5.74) is 0. The topological polar surface area (TPSA) is 206 Å². The summed E-state index contributed by atoms with van der Waals surface area (Å²) in [5, 5.41) is 39.1. The first kappa shape index (κ1) is 55.3. The van der Waals surface area contributed by atoms with E-state index < -0.39 is 76.5 Å². The zero-order chi connectivity index (χ0) is 44.3. The van der Waals surface area contributed by atoms with Crippen molar-refractivity contribution in [2.75, 3.05) is 26.4 Å². The highest BCUT2D eigenvalue weighted by atomic mass is 31.2. The molecule has 0 aromatic rings. The Morgan fingerprint density at radius 3 is 2.02 bits per heavy atom. The third-order valence-corrected chi connectivity index (χ3v) is 11.0. The van der Waals surface area contributed by atoms with Crippen LogP contribution in [-0.4, -0.2) is 93.9 Å². The number of aliphatic hydroxyl groups is 4. The summed E-state index contributed by atoms with van der Waals surface area (Å²) in [6.45, 7) is 1.90. The minimum Gasteiger partial charge on any atom is -0.462 e. The second kappa shape index (κ2) is 35.8. The molecule has 0 aromatic heterocycles. The molecule has 1 fully saturated rings. The molecule has 5 N–H and O–H groups in total. The first-order valence-electron chi connectivity index (χ1n) is 22.3. The van der Waals surface area contributed by atoms with Crippen LogP contribution in [0.25, 0.3) is 0 Å². The van der Waals surface area contributed by atoms with Gasteiger partial charge in [0.1, 0.15) is 18.5 Å². The van der Waals surface area contributed by atoms with Crippen LogP contribution in [0.3, 0.4) is 0 Å². The van der Waals surface area contributed by atoms with Gasteiger partial charge in [-0.15, -0.1) is 0 Å². The Hall–Kier alpha value is -2.74. The molecule has 0 aliphatic heterocycles. The van der Waals surface area contributed by atoms with Crippen molar-refractivity contribution in [1.29, 1.82) is 0 Å². The predicted molar refractivity (Wildman–Crippen MR) is 234 cm³/mol. The summed E-state index contributed by atoms with van der Waals surface area (Å²) in [7, 11) is -4.69. The minimum absolute atomic E-state index is 0.0427. The number of allylic oxidation sites excluding steroid dienone is 9. The van der Waals surface area contributed by atoms with Gasteiger partial charge in [0.15, 0.2) is 6.10 Å². The fraction of sp³-hybridized carbons (Fsp3) is 0.717. The van der Waals surface area contributed by atoms with Gasteiger partial charge in [0.25, 0.3) is 0 Å². The van der Waals surface area contributed by atoms with Gasteiger partial charge >= 0.3 is 19.8 Å². The zero-order valence-electron chi connectivity index (χ0n) is 36.4. The standard InChI is InChI=1S/C46H77O13P/c1-3-5-7-8-9-10-11-12-13-14-15-16-17-18-19-20-26-30-46(53)59-40(37-58-60(54,55)57-35-39(49)34-47)36-56-45(52)29-25-22-21-24-28-41-42(44(51)33-43(41)50)32-31-38(48)27-23-6-4-2/h9-10,12-13,15-16,21,24,31-32,38-43,47-50H,3-8,11,14,17-20,22-23,25-30,33-37H2,1-2H3,(H,54,55)/b10-9-,13-12-,16-15-,24-21-,32-31+/t38-,39-,40+,41+,42+,43-/m0/s1. The number of aliphatic hydroxyl groups excluding tert-OH is 4. The van der Waals surface area contributed by atoms with Crippen LogP contribution in [-0.2, 0) is 37.5 Å². The molecule has 0 radical (unpaired) electrons. The first-order chi connectivity index (χ1) is 28.9. The van der Waals surface area contributed by atoms with Crippen LogP contribution in [0.15, 0.2) is 60.8 Å². The number of phosphoric ester groups is 1. The van der Waals surface area contributed by atoms with Crippen LogP contribution < -0.4 is 0 Å². The molecule has 1 aliphatic rings. The summed E-state index contributed by atoms with van der Waals surface area (Å²) in [6.07, 6.45) is 32.6. The summed E-state index contributed by atoms with van der Waals surface area (Å²) in [4.78, 5) is 47.7. The van der Waals surface area contributed by atoms with E-state index in [1.54, 1.807) is 12.2 Å². The number of Topliss-reactive ketones (excluding diaryl/α,β-unsaturated/α-hetero) is 1. The third-order valence-electron chi connectivity index (χ3n) is 10.0. The van der Waals surface area contributed by atoms with Crippen LogP contribution in [0.2, 0.25) is 0 Å². The lowest BCUT2D eigenvalue weighted by Crippen LogP contribution is -2.29. The lowest BCUT2D eigenvalue weighted by atomic mass is 9.90. The number of rotatable bonds is 37. The molecule has 13 nitrogen and oxygen atoms in total. The molecule has 60 heavy (non-hydrogen) atoms. The molecule has 1 unspecified atom stereocenters. The SMILES string of the molecule is CCCCC/C=C\C/C=C\C/C=C\CCCCCCC(=O)O[C@H](COC(=O)CCC/C=C\C[C@H]1[C@@H](O)CC(=O)[C@@H]1/C=C/[C@@H](O)CCCCC)COP(=O)(O)OC[C@@H](O)CO. The van der Waals surface area contributed by atoms with Gasteiger partial charge in [0, 0.05) is 31.1 Å². The largest absolute Gasteiger partial charge is 0.472 e. The van der Waals surface area contributed by atoms with Crippen molar-refractivity contribution in [3.05, 3.63) is 60.8 Å². The van der Waals surface area contributed by atoms with E-state index in [4.69, 9.17) is 19.1 Å². The number of hydrogen-bond donors (Lipinski definition) is 5. The average Bonchev–Trinajstić information content (AvgIpc) is 3.49. The predicted octanol–water partition coefficient (Wildman–Crippen LogP) is 8.48. The van der Waals surface area contributed by atoms with Gasteiger partial charge in [0.05, 0.1) is 32.0 Å². The Morgan fingerprint density at radius 2 is 1.33 bits per heavy atom. The number of carbonyl (C=O) groups is 3. The maximum Gasteiger partial charge on any atom is 0.472 e. The Bertz CT molecular complexity index is 1340. The van der Waals surface area contributed by atoms with Gasteiger partial charge in [-0.25, -0.2) is 4.57 Å². The first-order valence-corrected chi connectivity index (χ1v) is 23.8. The molecule has 0 spiro atoms. The summed E-state index contributed by atoms with van der Waals surface area (Å²) >= 11 is 0. The number of phosphoric acid groups is 1. The van der Waals surface area contributed by atoms with Gasteiger partial charge in [0.2, 0.25) is 0 Å². The van der Waals surface area contributed by atoms with E-state index in [0.717, 1.165) is 64.2 Å². The van der Waals surface area contributed by atoms with Crippen LogP contribution in [0, 0.1) is 11.8 Å². The smallest absolute Gasteiger partial charge is 0.462 e. The number of ether oxygens (including phenoxy) is 2. The number of unbranched alkanes of at least 4 members (excludes halogenated alkanes) is 10. The summed E-state index contributed by atoms with van der Waals surface area (Å²) < 4.78 is 32.7. The maximum absolute atomic E-state index is 12.7. The summed E-state index contributed by atoms with van der Waals surface area (Å²) in [6, 6.07) is 0. The van der Waals surface area contributed by atoms with Gasteiger partial charge < -0.3 is 34.8 Å². The normalized spacial score (nSPS) is 19.9. The van der Waals surface area contributed by atoms with E-state index >= 15 is 0 Å². The second-order valence-electron chi connectivity index (χ2n) is 15.5. The summed E-state index contributed by atoms with van der Waals surface area (Å²) in [5.74, 6) is -1.95. The number of hydrogen-bond acceptors (Lipinski definition) is 12. The monoisotopic (exact) mass is 869 g/mol. The van der Waals surface area contributed by atoms with Crippen LogP contribution in [0.5, 0.6) is 0 Å². The fourth-order valence-corrected chi connectivity index (χ4v) is 7.24. The van der Waals surface area contributed by atoms with Gasteiger partial charge in [-0.2, -0.15) is 0 Å². The Balaban J connectivity index is 2.49. The Morgan fingerprint density at radius 1 is 0.750 bits per heavy atom. The molecule has 0 aromatic carbocycles. The minimum atomic E-state index is -4.69. The van der Waals surface area contributed by atoms with Crippen molar-refractivity contribution in [2.45, 2.75) is 173 Å². The highest BCUT2D eigenvalue weighted by Crippen LogP contribution is 2.43. The van der Waals surface area contributed by atoms with E-state index in [1.165, 1.54) is 19.3 Å². The molecular weight excluding hydrogens is 791 g/mol. The maximum atomic E-state index is 12.7. The molecule has 0 saturated heterocycles. The van der Waals surface area contributed by atoms with Crippen molar-refractivity contribution < 1.29 is 62.8 Å². The lowest BCUT2D eigenvalue weighted by Gasteiger charge is -2.20. The van der Waals surface area contributed by atoms with Crippen LogP contribution >= 0.6 is 7.82 Å². The number of esters is 2. The molecule has 7 atom stereocenters. The highest BCUT2D eigenvalue weighted by molar-refractivity contribution is 7.47. The third kappa shape index (κ3) is 29.5. The van der Waals surface area contributed by atoms with Gasteiger partial charge in [-0.3, -0.25) is 23.4 Å². The van der Waals surface area contributed by atoms with Gasteiger partial charge in [-0.1, -0.05) is 120 Å². The molecular formula is C46H77O13P. The van der Waals surface area contributed by atoms with Crippen molar-refractivity contribution in [2.24, 2.45) is 11.8 Å². The molecule has 0 bridgehead atoms. The van der Waals surface area contributed by atoms with E-state index in [0.29, 0.717) is 32.1 Å². The van der Waals surface area contributed by atoms with Crippen molar-refractivity contribution in [3.63, 3.8) is 0 Å². The highest BCUT2D eigenvalue weighted by Gasteiger charge is 2.39. The van der Waals surface area contributed by atoms with Gasteiger partial charge in [-0.05, 0) is 70.6 Å². The molecule has 0 amide bonds. The number of ketones is 1. The van der Waals surface area contributed by atoms with E-state index in [-0.39, 0.29) is 31.0 Å².